The van der Waals surface area contributed by atoms with Crippen LogP contribution in [-0.2, 0) is 4.79 Å². The summed E-state index contributed by atoms with van der Waals surface area (Å²) in [5.41, 5.74) is 0.503. The molecule has 1 aromatic carbocycles. The lowest BCUT2D eigenvalue weighted by molar-refractivity contribution is -0.116. The standard InChI is InChI=1S/C17H23ClFN3O2/c1-12(23)22(14-7-8-16(19)15(18)11-14)10-9-20-17(24)21-13-5-3-2-4-6-13/h7-8,11,13H,2-6,9-10H2,1H3,(H2,20,21,24). The molecule has 0 radical (unpaired) electrons. The summed E-state index contributed by atoms with van der Waals surface area (Å²) in [5, 5.41) is 5.67. The molecule has 5 nitrogen and oxygen atoms in total. The highest BCUT2D eigenvalue weighted by molar-refractivity contribution is 6.31. The van der Waals surface area contributed by atoms with Crippen LogP contribution in [0.3, 0.4) is 0 Å². The molecular formula is C17H23ClFN3O2. The Morgan fingerprint density at radius 2 is 2.00 bits per heavy atom. The van der Waals surface area contributed by atoms with Crippen LogP contribution in [0, 0.1) is 5.82 Å². The van der Waals surface area contributed by atoms with E-state index < -0.39 is 5.82 Å². The van der Waals surface area contributed by atoms with Gasteiger partial charge in [0.2, 0.25) is 5.91 Å². The minimum atomic E-state index is -0.533. The van der Waals surface area contributed by atoms with E-state index in [0.29, 0.717) is 12.2 Å². The summed E-state index contributed by atoms with van der Waals surface area (Å²) in [7, 11) is 0. The van der Waals surface area contributed by atoms with Crippen LogP contribution in [0.15, 0.2) is 18.2 Å². The van der Waals surface area contributed by atoms with Crippen LogP contribution in [0.1, 0.15) is 39.0 Å². The van der Waals surface area contributed by atoms with Crippen LogP contribution in [0.4, 0.5) is 14.9 Å². The molecule has 0 aliphatic heterocycles. The minimum absolute atomic E-state index is 0.0400. The Morgan fingerprint density at radius 1 is 1.29 bits per heavy atom. The average molecular weight is 356 g/mol. The summed E-state index contributed by atoms with van der Waals surface area (Å²) in [6.45, 7) is 2.00. The summed E-state index contributed by atoms with van der Waals surface area (Å²) >= 11 is 5.76. The quantitative estimate of drug-likeness (QED) is 0.849. The van der Waals surface area contributed by atoms with Gasteiger partial charge in [-0.1, -0.05) is 30.9 Å². The summed E-state index contributed by atoms with van der Waals surface area (Å²) < 4.78 is 13.2. The van der Waals surface area contributed by atoms with Crippen molar-refractivity contribution in [1.82, 2.24) is 10.6 Å². The van der Waals surface area contributed by atoms with Gasteiger partial charge in [-0.25, -0.2) is 9.18 Å². The number of nitrogens with one attached hydrogen (secondary N) is 2. The van der Waals surface area contributed by atoms with Gasteiger partial charge in [-0.15, -0.1) is 0 Å². The van der Waals surface area contributed by atoms with Crippen molar-refractivity contribution in [3.63, 3.8) is 0 Å². The predicted molar refractivity (Wildman–Crippen MR) is 92.8 cm³/mol. The van der Waals surface area contributed by atoms with E-state index in [0.717, 1.165) is 25.7 Å². The molecule has 2 N–H and O–H groups in total. The molecule has 132 valence electrons. The van der Waals surface area contributed by atoms with Crippen LogP contribution < -0.4 is 15.5 Å². The maximum Gasteiger partial charge on any atom is 0.315 e. The topological polar surface area (TPSA) is 61.4 Å². The van der Waals surface area contributed by atoms with Crippen molar-refractivity contribution in [3.8, 4) is 0 Å². The Morgan fingerprint density at radius 3 is 2.62 bits per heavy atom. The molecule has 24 heavy (non-hydrogen) atoms. The lowest BCUT2D eigenvalue weighted by Crippen LogP contribution is -2.45. The summed E-state index contributed by atoms with van der Waals surface area (Å²) in [5.74, 6) is -0.735. The van der Waals surface area contributed by atoms with Crippen LogP contribution in [0.25, 0.3) is 0 Å². The Kier molecular flexibility index (Phi) is 6.85. The van der Waals surface area contributed by atoms with Gasteiger partial charge in [0, 0.05) is 31.7 Å². The maximum atomic E-state index is 13.2. The lowest BCUT2D eigenvalue weighted by Gasteiger charge is -2.24. The van der Waals surface area contributed by atoms with E-state index in [2.05, 4.69) is 10.6 Å². The van der Waals surface area contributed by atoms with Gasteiger partial charge in [-0.2, -0.15) is 0 Å². The number of nitrogens with zero attached hydrogens (tertiary/aromatic N) is 1. The number of amides is 3. The van der Waals surface area contributed by atoms with E-state index in [-0.39, 0.29) is 29.5 Å². The van der Waals surface area contributed by atoms with Gasteiger partial charge in [0.1, 0.15) is 5.82 Å². The Labute approximate surface area is 146 Å². The zero-order valence-corrected chi connectivity index (χ0v) is 14.5. The largest absolute Gasteiger partial charge is 0.336 e. The monoisotopic (exact) mass is 355 g/mol. The average Bonchev–Trinajstić information content (AvgIpc) is 2.55. The van der Waals surface area contributed by atoms with Crippen molar-refractivity contribution >= 4 is 29.2 Å². The molecule has 1 fully saturated rings. The molecule has 0 unspecified atom stereocenters. The van der Waals surface area contributed by atoms with Crippen LogP contribution in [0.5, 0.6) is 0 Å². The van der Waals surface area contributed by atoms with E-state index in [1.165, 1.54) is 36.4 Å². The number of benzene rings is 1. The number of urea groups is 1. The highest BCUT2D eigenvalue weighted by Gasteiger charge is 2.16. The third-order valence-corrected chi connectivity index (χ3v) is 4.45. The molecule has 1 aliphatic carbocycles. The Balaban J connectivity index is 1.84. The Hall–Kier alpha value is -1.82. The van der Waals surface area contributed by atoms with Gasteiger partial charge in [0.05, 0.1) is 5.02 Å². The third kappa shape index (κ3) is 5.37. The SMILES string of the molecule is CC(=O)N(CCNC(=O)NC1CCCCC1)c1ccc(F)c(Cl)c1. The van der Waals surface area contributed by atoms with Gasteiger partial charge >= 0.3 is 6.03 Å². The molecule has 0 heterocycles. The van der Waals surface area contributed by atoms with Crippen molar-refractivity contribution in [2.24, 2.45) is 0 Å². The number of hydrogen-bond acceptors (Lipinski definition) is 2. The fourth-order valence-electron chi connectivity index (χ4n) is 2.89. The van der Waals surface area contributed by atoms with Gasteiger partial charge in [-0.05, 0) is 31.0 Å². The molecule has 7 heteroatoms. The number of carbonyl (C=O) groups excluding carboxylic acids is 2. The molecule has 0 saturated heterocycles. The molecule has 0 spiro atoms. The number of anilines is 1. The molecule has 0 bridgehead atoms. The number of rotatable bonds is 5. The molecule has 2 rings (SSSR count). The van der Waals surface area contributed by atoms with Gasteiger partial charge in [0.15, 0.2) is 0 Å². The first kappa shape index (κ1) is 18.5. The van der Waals surface area contributed by atoms with Crippen molar-refractivity contribution in [3.05, 3.63) is 29.0 Å². The molecular weight excluding hydrogens is 333 g/mol. The molecule has 1 saturated carbocycles. The minimum Gasteiger partial charge on any atom is -0.336 e. The molecule has 3 amide bonds. The number of hydrogen-bond donors (Lipinski definition) is 2. The first-order valence-electron chi connectivity index (χ1n) is 8.25. The molecule has 1 aliphatic rings. The van der Waals surface area contributed by atoms with Crippen LogP contribution >= 0.6 is 11.6 Å². The third-order valence-electron chi connectivity index (χ3n) is 4.16. The van der Waals surface area contributed by atoms with Crippen molar-refractivity contribution in [2.45, 2.75) is 45.1 Å². The second-order valence-corrected chi connectivity index (χ2v) is 6.41. The highest BCUT2D eigenvalue weighted by Crippen LogP contribution is 2.22. The number of halogens is 2. The Bertz CT molecular complexity index is 591. The van der Waals surface area contributed by atoms with Crippen molar-refractivity contribution < 1.29 is 14.0 Å². The van der Waals surface area contributed by atoms with E-state index in [1.807, 2.05) is 0 Å². The van der Waals surface area contributed by atoms with E-state index in [1.54, 1.807) is 0 Å². The summed E-state index contributed by atoms with van der Waals surface area (Å²) in [4.78, 5) is 25.1. The van der Waals surface area contributed by atoms with E-state index >= 15 is 0 Å². The maximum absolute atomic E-state index is 13.2. The fraction of sp³-hybridized carbons (Fsp3) is 0.529. The summed E-state index contributed by atoms with van der Waals surface area (Å²) in [6, 6.07) is 4.13. The van der Waals surface area contributed by atoms with E-state index in [9.17, 15) is 14.0 Å². The zero-order valence-electron chi connectivity index (χ0n) is 13.8. The lowest BCUT2D eigenvalue weighted by atomic mass is 9.96. The van der Waals surface area contributed by atoms with Gasteiger partial charge in [0.25, 0.3) is 0 Å². The predicted octanol–water partition coefficient (Wildman–Crippen LogP) is 3.46. The normalized spacial score (nSPS) is 15.0. The second kappa shape index (κ2) is 8.87. The molecule has 0 aromatic heterocycles. The zero-order chi connectivity index (χ0) is 17.5. The van der Waals surface area contributed by atoms with E-state index in [4.69, 9.17) is 11.6 Å². The summed E-state index contributed by atoms with van der Waals surface area (Å²) in [6.07, 6.45) is 5.55. The molecule has 0 atom stereocenters. The highest BCUT2D eigenvalue weighted by atomic mass is 35.5. The first-order chi connectivity index (χ1) is 11.5. The van der Waals surface area contributed by atoms with Crippen molar-refractivity contribution in [2.75, 3.05) is 18.0 Å². The first-order valence-corrected chi connectivity index (χ1v) is 8.62. The van der Waals surface area contributed by atoms with Crippen LogP contribution in [-0.4, -0.2) is 31.1 Å². The van der Waals surface area contributed by atoms with Gasteiger partial charge < -0.3 is 15.5 Å². The van der Waals surface area contributed by atoms with Gasteiger partial charge in [-0.3, -0.25) is 4.79 Å². The fourth-order valence-corrected chi connectivity index (χ4v) is 3.06. The van der Waals surface area contributed by atoms with Crippen LogP contribution in [0.2, 0.25) is 5.02 Å². The number of carbonyl (C=O) groups is 2. The second-order valence-electron chi connectivity index (χ2n) is 6.00. The smallest absolute Gasteiger partial charge is 0.315 e. The van der Waals surface area contributed by atoms with Crippen molar-refractivity contribution in [1.29, 1.82) is 0 Å². The molecule has 1 aromatic rings.